The van der Waals surface area contributed by atoms with Crippen LogP contribution >= 0.6 is 0 Å². The van der Waals surface area contributed by atoms with Crippen molar-refractivity contribution in [2.75, 3.05) is 26.2 Å². The minimum Gasteiger partial charge on any atom is -0.342 e. The van der Waals surface area contributed by atoms with Gasteiger partial charge in [0.1, 0.15) is 0 Å². The zero-order valence-corrected chi connectivity index (χ0v) is 18.5. The van der Waals surface area contributed by atoms with Crippen molar-refractivity contribution in [3.8, 4) is 0 Å². The molecular formula is C27H36N2O. The first kappa shape index (κ1) is 18.2. The van der Waals surface area contributed by atoms with E-state index in [4.69, 9.17) is 0 Å². The molecule has 1 aromatic rings. The fraction of sp³-hybridized carbons (Fsp3) is 0.741. The van der Waals surface area contributed by atoms with Crippen molar-refractivity contribution in [2.24, 2.45) is 27.6 Å². The average molecular weight is 405 g/mol. The van der Waals surface area contributed by atoms with Crippen molar-refractivity contribution in [3.05, 3.63) is 35.9 Å². The summed E-state index contributed by atoms with van der Waals surface area (Å²) < 4.78 is 0. The highest BCUT2D eigenvalue weighted by atomic mass is 16.2. The zero-order valence-electron chi connectivity index (χ0n) is 18.5. The van der Waals surface area contributed by atoms with Gasteiger partial charge < -0.3 is 10.2 Å². The number of benzene rings is 1. The smallest absolute Gasteiger partial charge is 0.229 e. The quantitative estimate of drug-likeness (QED) is 0.786. The topological polar surface area (TPSA) is 32.3 Å². The largest absolute Gasteiger partial charge is 0.342 e. The van der Waals surface area contributed by atoms with Crippen LogP contribution < -0.4 is 5.32 Å². The molecule has 0 aromatic heterocycles. The van der Waals surface area contributed by atoms with Crippen LogP contribution in [-0.4, -0.2) is 37.0 Å². The van der Waals surface area contributed by atoms with E-state index in [9.17, 15) is 4.79 Å². The minimum absolute atomic E-state index is 0.0443. The third kappa shape index (κ3) is 1.80. The predicted octanol–water partition coefficient (Wildman–Crippen LogP) is 4.52. The molecule has 30 heavy (non-hydrogen) atoms. The van der Waals surface area contributed by atoms with E-state index in [1.54, 1.807) is 0 Å². The number of carbonyl (C=O) groups excluding carboxylic acids is 1. The molecule has 6 fully saturated rings. The Balaban J connectivity index is 1.20. The lowest BCUT2D eigenvalue weighted by Crippen LogP contribution is -2.83. The van der Waals surface area contributed by atoms with Gasteiger partial charge in [-0.15, -0.1) is 0 Å². The van der Waals surface area contributed by atoms with E-state index < -0.39 is 0 Å². The Kier molecular flexibility index (Phi) is 3.36. The van der Waals surface area contributed by atoms with E-state index in [0.717, 1.165) is 25.4 Å². The van der Waals surface area contributed by atoms with Crippen molar-refractivity contribution >= 4 is 5.91 Å². The maximum atomic E-state index is 14.2. The van der Waals surface area contributed by atoms with E-state index in [1.165, 1.54) is 70.0 Å². The molecule has 3 nitrogen and oxygen atoms in total. The summed E-state index contributed by atoms with van der Waals surface area (Å²) in [7, 11) is 0. The van der Waals surface area contributed by atoms with Gasteiger partial charge in [0.25, 0.3) is 0 Å². The van der Waals surface area contributed by atoms with Crippen LogP contribution in [0.5, 0.6) is 0 Å². The van der Waals surface area contributed by atoms with Crippen molar-refractivity contribution in [1.29, 1.82) is 0 Å². The molecule has 4 aliphatic carbocycles. The second kappa shape index (κ2) is 5.52. The molecule has 4 saturated carbocycles. The van der Waals surface area contributed by atoms with E-state index >= 15 is 0 Å². The SMILES string of the molecule is C[C@@]12CC3CC4(C(=O)N5CCC6(CCNCC6)CC5)C[C@](c5ccccc5)(C1)C42C3. The normalized spacial score (nSPS) is 47.5. The number of hydrogen-bond acceptors (Lipinski definition) is 2. The number of fused-ring (bicyclic) bond motifs is 1. The summed E-state index contributed by atoms with van der Waals surface area (Å²) in [5.74, 6) is 1.35. The highest BCUT2D eigenvalue weighted by Gasteiger charge is 2.93. The summed E-state index contributed by atoms with van der Waals surface area (Å²) >= 11 is 0. The molecule has 2 spiro atoms. The lowest BCUT2D eigenvalue weighted by atomic mass is 9.19. The molecule has 5 atom stereocenters. The van der Waals surface area contributed by atoms with Crippen LogP contribution in [-0.2, 0) is 10.2 Å². The van der Waals surface area contributed by atoms with Crippen LogP contribution in [0.15, 0.2) is 30.3 Å². The van der Waals surface area contributed by atoms with E-state index in [1.807, 2.05) is 0 Å². The molecule has 7 rings (SSSR count). The van der Waals surface area contributed by atoms with Gasteiger partial charge in [-0.2, -0.15) is 0 Å². The minimum atomic E-state index is -0.0443. The summed E-state index contributed by atoms with van der Waals surface area (Å²) in [5, 5.41) is 3.53. The standard InChI is InChI=1S/C27H36N2O/c1-23-15-20-16-25(22(30)29-13-9-24(10-14-29)7-11-28-12-8-24)19-26(18-23,27(23,25)17-20)21-5-3-2-4-6-21/h2-6,20,28H,7-19H2,1H3/t20?,23-,25?,26+,27?/m1/s1. The zero-order chi connectivity index (χ0) is 20.2. The number of piperidine rings is 2. The van der Waals surface area contributed by atoms with E-state index in [-0.39, 0.29) is 16.2 Å². The van der Waals surface area contributed by atoms with Gasteiger partial charge in [-0.05, 0) is 93.2 Å². The van der Waals surface area contributed by atoms with Crippen LogP contribution in [0, 0.1) is 27.6 Å². The van der Waals surface area contributed by atoms with Gasteiger partial charge in [0, 0.05) is 23.9 Å². The summed E-state index contributed by atoms with van der Waals surface area (Å²) in [6.07, 6.45) is 11.4. The van der Waals surface area contributed by atoms with Gasteiger partial charge in [0.2, 0.25) is 5.91 Å². The lowest BCUT2D eigenvalue weighted by Gasteiger charge is -2.83. The monoisotopic (exact) mass is 404 g/mol. The molecule has 1 N–H and O–H groups in total. The average Bonchev–Trinajstić information content (AvgIpc) is 3.21. The fourth-order valence-corrected chi connectivity index (χ4v) is 10.7. The summed E-state index contributed by atoms with van der Waals surface area (Å²) in [6.45, 7) is 6.89. The Hall–Kier alpha value is -1.35. The molecule has 2 heterocycles. The van der Waals surface area contributed by atoms with Crippen LogP contribution in [0.25, 0.3) is 0 Å². The first-order valence-corrected chi connectivity index (χ1v) is 12.5. The lowest BCUT2D eigenvalue weighted by molar-refractivity contribution is -0.306. The number of nitrogens with one attached hydrogen (secondary N) is 1. The Morgan fingerprint density at radius 2 is 1.70 bits per heavy atom. The summed E-state index contributed by atoms with van der Waals surface area (Å²) in [4.78, 5) is 16.6. The first-order chi connectivity index (χ1) is 14.5. The van der Waals surface area contributed by atoms with E-state index in [0.29, 0.717) is 16.7 Å². The van der Waals surface area contributed by atoms with Crippen LogP contribution in [0.2, 0.25) is 0 Å². The molecule has 1 amide bonds. The molecule has 2 saturated heterocycles. The number of rotatable bonds is 2. The van der Waals surface area contributed by atoms with Gasteiger partial charge >= 0.3 is 0 Å². The second-order valence-electron chi connectivity index (χ2n) is 12.4. The van der Waals surface area contributed by atoms with Gasteiger partial charge in [-0.3, -0.25) is 4.79 Å². The van der Waals surface area contributed by atoms with Crippen molar-refractivity contribution in [3.63, 3.8) is 0 Å². The maximum Gasteiger partial charge on any atom is 0.229 e. The highest BCUT2D eigenvalue weighted by molar-refractivity contribution is 5.88. The van der Waals surface area contributed by atoms with Crippen molar-refractivity contribution in [1.82, 2.24) is 10.2 Å². The molecule has 160 valence electrons. The van der Waals surface area contributed by atoms with Crippen molar-refractivity contribution < 1.29 is 4.79 Å². The molecular weight excluding hydrogens is 368 g/mol. The molecule has 2 bridgehead atoms. The summed E-state index contributed by atoms with van der Waals surface area (Å²) in [5.41, 5.74) is 2.94. The molecule has 3 unspecified atom stereocenters. The molecule has 2 aliphatic heterocycles. The van der Waals surface area contributed by atoms with E-state index in [2.05, 4.69) is 47.5 Å². The van der Waals surface area contributed by atoms with Crippen LogP contribution in [0.4, 0.5) is 0 Å². The Morgan fingerprint density at radius 1 is 0.967 bits per heavy atom. The Labute approximate surface area is 181 Å². The van der Waals surface area contributed by atoms with Gasteiger partial charge in [0.15, 0.2) is 0 Å². The van der Waals surface area contributed by atoms with Crippen molar-refractivity contribution in [2.45, 2.75) is 70.1 Å². The molecule has 0 radical (unpaired) electrons. The molecule has 3 heteroatoms. The molecule has 6 aliphatic rings. The first-order valence-electron chi connectivity index (χ1n) is 12.5. The van der Waals surface area contributed by atoms with Gasteiger partial charge in [-0.25, -0.2) is 0 Å². The third-order valence-electron chi connectivity index (χ3n) is 11.4. The van der Waals surface area contributed by atoms with Gasteiger partial charge in [-0.1, -0.05) is 37.3 Å². The number of likely N-dealkylation sites (tertiary alicyclic amines) is 1. The number of hydrogen-bond donors (Lipinski definition) is 1. The van der Waals surface area contributed by atoms with Crippen LogP contribution in [0.1, 0.15) is 70.3 Å². The Morgan fingerprint density at radius 3 is 2.40 bits per heavy atom. The number of nitrogens with zero attached hydrogens (tertiary/aromatic N) is 1. The number of carbonyl (C=O) groups is 1. The second-order valence-corrected chi connectivity index (χ2v) is 12.4. The highest BCUT2D eigenvalue weighted by Crippen LogP contribution is 2.95. The molecule has 1 aromatic carbocycles. The summed E-state index contributed by atoms with van der Waals surface area (Å²) in [6, 6.07) is 11.3. The predicted molar refractivity (Wildman–Crippen MR) is 118 cm³/mol. The maximum absolute atomic E-state index is 14.2. The number of amides is 1. The third-order valence-corrected chi connectivity index (χ3v) is 11.4. The van der Waals surface area contributed by atoms with Gasteiger partial charge in [0.05, 0.1) is 5.41 Å². The Bertz CT molecular complexity index is 897. The fourth-order valence-electron chi connectivity index (χ4n) is 10.7. The van der Waals surface area contributed by atoms with Crippen LogP contribution in [0.3, 0.4) is 0 Å².